The number of nitrogens with zero attached hydrogens (tertiary/aromatic N) is 1. The molecule has 136 valence electrons. The maximum absolute atomic E-state index is 12.6. The SMILES string of the molecule is COC(=O)CNC(=O)C1(Cc2ccc(Cl)cc2)CN(C(=O)C(C)O)C1. The normalized spacial score (nSPS) is 16.6. The lowest BCUT2D eigenvalue weighted by Crippen LogP contribution is -2.67. The highest BCUT2D eigenvalue weighted by Gasteiger charge is 2.51. The van der Waals surface area contributed by atoms with Gasteiger partial charge in [-0.15, -0.1) is 0 Å². The number of aliphatic hydroxyl groups excluding tert-OH is 1. The molecule has 1 aromatic rings. The number of hydrogen-bond donors (Lipinski definition) is 2. The molecule has 1 aliphatic heterocycles. The van der Waals surface area contributed by atoms with Gasteiger partial charge in [0.15, 0.2) is 0 Å². The van der Waals surface area contributed by atoms with E-state index in [0.717, 1.165) is 5.56 Å². The molecule has 0 bridgehead atoms. The number of amides is 2. The fourth-order valence-electron chi connectivity index (χ4n) is 2.85. The zero-order valence-electron chi connectivity index (χ0n) is 14.1. The zero-order chi connectivity index (χ0) is 18.6. The third kappa shape index (κ3) is 4.49. The van der Waals surface area contributed by atoms with Gasteiger partial charge >= 0.3 is 5.97 Å². The highest BCUT2D eigenvalue weighted by molar-refractivity contribution is 6.30. The number of ether oxygens (including phenoxy) is 1. The van der Waals surface area contributed by atoms with Gasteiger partial charge in [-0.3, -0.25) is 14.4 Å². The summed E-state index contributed by atoms with van der Waals surface area (Å²) in [5, 5.41) is 12.6. The van der Waals surface area contributed by atoms with Crippen molar-refractivity contribution >= 4 is 29.4 Å². The molecular formula is C17H21ClN2O5. The van der Waals surface area contributed by atoms with Crippen LogP contribution in [0.25, 0.3) is 0 Å². The number of hydrogen-bond acceptors (Lipinski definition) is 5. The minimum Gasteiger partial charge on any atom is -0.468 e. The lowest BCUT2D eigenvalue weighted by Gasteiger charge is -2.49. The van der Waals surface area contributed by atoms with E-state index in [9.17, 15) is 19.5 Å². The summed E-state index contributed by atoms with van der Waals surface area (Å²) in [4.78, 5) is 37.2. The van der Waals surface area contributed by atoms with Crippen molar-refractivity contribution in [1.82, 2.24) is 10.2 Å². The number of aliphatic hydroxyl groups is 1. The highest BCUT2D eigenvalue weighted by atomic mass is 35.5. The molecule has 1 unspecified atom stereocenters. The van der Waals surface area contributed by atoms with E-state index in [1.165, 1.54) is 18.9 Å². The summed E-state index contributed by atoms with van der Waals surface area (Å²) >= 11 is 5.88. The number of carbonyl (C=O) groups is 3. The van der Waals surface area contributed by atoms with Crippen molar-refractivity contribution in [3.8, 4) is 0 Å². The number of benzene rings is 1. The first-order valence-corrected chi connectivity index (χ1v) is 8.21. The van der Waals surface area contributed by atoms with E-state index in [1.807, 2.05) is 12.1 Å². The van der Waals surface area contributed by atoms with E-state index in [4.69, 9.17) is 11.6 Å². The maximum Gasteiger partial charge on any atom is 0.325 e. The van der Waals surface area contributed by atoms with E-state index in [0.29, 0.717) is 11.4 Å². The van der Waals surface area contributed by atoms with E-state index in [1.54, 1.807) is 12.1 Å². The van der Waals surface area contributed by atoms with Crippen molar-refractivity contribution in [3.05, 3.63) is 34.9 Å². The molecule has 1 saturated heterocycles. The number of halogens is 1. The average molecular weight is 369 g/mol. The van der Waals surface area contributed by atoms with Gasteiger partial charge in [-0.1, -0.05) is 23.7 Å². The second-order valence-corrected chi connectivity index (χ2v) is 6.65. The van der Waals surface area contributed by atoms with Crippen LogP contribution in [-0.4, -0.2) is 60.6 Å². The maximum atomic E-state index is 12.6. The molecule has 1 aromatic carbocycles. The van der Waals surface area contributed by atoms with Crippen LogP contribution >= 0.6 is 11.6 Å². The summed E-state index contributed by atoms with van der Waals surface area (Å²) in [6, 6.07) is 7.09. The van der Waals surface area contributed by atoms with Crippen molar-refractivity contribution in [2.24, 2.45) is 5.41 Å². The summed E-state index contributed by atoms with van der Waals surface area (Å²) in [5.41, 5.74) is 0.0358. The minimum absolute atomic E-state index is 0.173. The highest BCUT2D eigenvalue weighted by Crippen LogP contribution is 2.35. The number of methoxy groups -OCH3 is 1. The number of likely N-dealkylation sites (tertiary alicyclic amines) is 1. The monoisotopic (exact) mass is 368 g/mol. The summed E-state index contributed by atoms with van der Waals surface area (Å²) in [6.07, 6.45) is -0.729. The Morgan fingerprint density at radius 2 is 1.92 bits per heavy atom. The molecule has 1 heterocycles. The molecule has 7 nitrogen and oxygen atoms in total. The van der Waals surface area contributed by atoms with Gasteiger partial charge in [0.2, 0.25) is 5.91 Å². The van der Waals surface area contributed by atoms with Gasteiger partial charge < -0.3 is 20.1 Å². The Hall–Kier alpha value is -2.12. The molecule has 8 heteroatoms. The third-order valence-corrected chi connectivity index (χ3v) is 4.47. The minimum atomic E-state index is -1.12. The molecule has 0 aromatic heterocycles. The first-order valence-electron chi connectivity index (χ1n) is 7.84. The molecule has 2 rings (SSSR count). The number of esters is 1. The van der Waals surface area contributed by atoms with Crippen LogP contribution in [0.1, 0.15) is 12.5 Å². The Balaban J connectivity index is 2.12. The van der Waals surface area contributed by atoms with Gasteiger partial charge in [0, 0.05) is 18.1 Å². The molecule has 25 heavy (non-hydrogen) atoms. The molecule has 1 aliphatic rings. The van der Waals surface area contributed by atoms with Crippen LogP contribution in [0.5, 0.6) is 0 Å². The standard InChI is InChI=1S/C17H21ClN2O5/c1-11(21)15(23)20-9-17(10-20,16(24)19-8-14(22)25-2)7-12-3-5-13(18)6-4-12/h3-6,11,21H,7-10H2,1-2H3,(H,19,24). The molecule has 1 fully saturated rings. The van der Waals surface area contributed by atoms with Crippen molar-refractivity contribution in [3.63, 3.8) is 0 Å². The van der Waals surface area contributed by atoms with Crippen molar-refractivity contribution in [2.45, 2.75) is 19.4 Å². The zero-order valence-corrected chi connectivity index (χ0v) is 14.9. The number of rotatable bonds is 6. The van der Waals surface area contributed by atoms with Crippen LogP contribution in [0.15, 0.2) is 24.3 Å². The molecule has 0 spiro atoms. The largest absolute Gasteiger partial charge is 0.468 e. The second-order valence-electron chi connectivity index (χ2n) is 6.21. The molecule has 2 N–H and O–H groups in total. The second kappa shape index (κ2) is 7.84. The average Bonchev–Trinajstić information content (AvgIpc) is 2.56. The van der Waals surface area contributed by atoms with Crippen LogP contribution < -0.4 is 5.32 Å². The van der Waals surface area contributed by atoms with Crippen LogP contribution in [0.3, 0.4) is 0 Å². The topological polar surface area (TPSA) is 95.9 Å². The summed E-state index contributed by atoms with van der Waals surface area (Å²) in [7, 11) is 1.24. The first-order chi connectivity index (χ1) is 11.8. The fourth-order valence-corrected chi connectivity index (χ4v) is 2.97. The summed E-state index contributed by atoms with van der Waals surface area (Å²) in [6.45, 7) is 1.50. The van der Waals surface area contributed by atoms with Crippen molar-refractivity contribution in [1.29, 1.82) is 0 Å². The molecule has 0 saturated carbocycles. The van der Waals surface area contributed by atoms with Crippen LogP contribution in [-0.2, 0) is 25.5 Å². The molecule has 1 atom stereocenters. The van der Waals surface area contributed by atoms with Gasteiger partial charge in [0.1, 0.15) is 12.6 Å². The molecule has 2 amide bonds. The lowest BCUT2D eigenvalue weighted by molar-refractivity contribution is -0.160. The Kier molecular flexibility index (Phi) is 6.02. The van der Waals surface area contributed by atoms with E-state index >= 15 is 0 Å². The van der Waals surface area contributed by atoms with Gasteiger partial charge in [-0.05, 0) is 31.0 Å². The van der Waals surface area contributed by atoms with Crippen molar-refractivity contribution < 1.29 is 24.2 Å². The van der Waals surface area contributed by atoms with E-state index < -0.39 is 23.4 Å². The lowest BCUT2D eigenvalue weighted by atomic mass is 9.73. The van der Waals surface area contributed by atoms with Gasteiger partial charge in [-0.25, -0.2) is 0 Å². The predicted octanol–water partition coefficient (Wildman–Crippen LogP) is 0.381. The fraction of sp³-hybridized carbons (Fsp3) is 0.471. The first kappa shape index (κ1) is 19.2. The number of carbonyl (C=O) groups excluding carboxylic acids is 3. The summed E-state index contributed by atoms with van der Waals surface area (Å²) in [5.74, 6) is -1.30. The molecule has 0 radical (unpaired) electrons. The van der Waals surface area contributed by atoms with Crippen LogP contribution in [0.2, 0.25) is 5.02 Å². The van der Waals surface area contributed by atoms with Crippen LogP contribution in [0.4, 0.5) is 0 Å². The molecule has 0 aliphatic carbocycles. The smallest absolute Gasteiger partial charge is 0.325 e. The van der Waals surface area contributed by atoms with Gasteiger partial charge in [-0.2, -0.15) is 0 Å². The van der Waals surface area contributed by atoms with Crippen LogP contribution in [0, 0.1) is 5.41 Å². The third-order valence-electron chi connectivity index (χ3n) is 4.21. The Labute approximate surface area is 150 Å². The van der Waals surface area contributed by atoms with E-state index in [-0.39, 0.29) is 25.5 Å². The number of nitrogens with one attached hydrogen (secondary N) is 1. The quantitative estimate of drug-likeness (QED) is 0.708. The van der Waals surface area contributed by atoms with Gasteiger partial charge in [0.05, 0.1) is 12.5 Å². The van der Waals surface area contributed by atoms with Gasteiger partial charge in [0.25, 0.3) is 5.91 Å². The predicted molar refractivity (Wildman–Crippen MR) is 90.9 cm³/mol. The van der Waals surface area contributed by atoms with E-state index in [2.05, 4.69) is 10.1 Å². The Morgan fingerprint density at radius 1 is 1.32 bits per heavy atom. The summed E-state index contributed by atoms with van der Waals surface area (Å²) < 4.78 is 4.52. The molecular weight excluding hydrogens is 348 g/mol. The van der Waals surface area contributed by atoms with Crippen molar-refractivity contribution in [2.75, 3.05) is 26.7 Å². The Bertz CT molecular complexity index is 654. The Morgan fingerprint density at radius 3 is 2.44 bits per heavy atom.